The number of piperidine rings is 1. The Morgan fingerprint density at radius 3 is 2.52 bits per heavy atom. The summed E-state index contributed by atoms with van der Waals surface area (Å²) in [7, 11) is 3.97. The van der Waals surface area contributed by atoms with Crippen molar-refractivity contribution in [1.82, 2.24) is 14.7 Å². The maximum absolute atomic E-state index is 11.9. The van der Waals surface area contributed by atoms with Gasteiger partial charge < -0.3 is 24.8 Å². The smallest absolute Gasteiger partial charge is 0.252 e. The van der Waals surface area contributed by atoms with Gasteiger partial charge in [-0.15, -0.1) is 0 Å². The predicted octanol–water partition coefficient (Wildman–Crippen LogP) is 2.95. The van der Waals surface area contributed by atoms with Crippen molar-refractivity contribution >= 4 is 16.8 Å². The molecule has 1 aliphatic heterocycles. The highest BCUT2D eigenvalue weighted by atomic mass is 16.5. The van der Waals surface area contributed by atoms with Gasteiger partial charge in [-0.05, 0) is 50.2 Å². The van der Waals surface area contributed by atoms with Crippen LogP contribution in [0.5, 0.6) is 17.2 Å². The topological polar surface area (TPSA) is 91.8 Å². The molecule has 1 fully saturated rings. The third-order valence-corrected chi connectivity index (χ3v) is 5.54. The van der Waals surface area contributed by atoms with E-state index in [2.05, 4.69) is 17.0 Å². The van der Waals surface area contributed by atoms with Crippen molar-refractivity contribution in [2.24, 2.45) is 12.8 Å². The summed E-state index contributed by atoms with van der Waals surface area (Å²) in [5, 5.41) is 5.03. The van der Waals surface area contributed by atoms with Crippen LogP contribution in [0.15, 0.2) is 42.6 Å². The zero-order valence-corrected chi connectivity index (χ0v) is 17.9. The summed E-state index contributed by atoms with van der Waals surface area (Å²) in [6.07, 6.45) is 4.15. The van der Waals surface area contributed by atoms with Crippen LogP contribution in [0.4, 0.5) is 0 Å². The highest BCUT2D eigenvalue weighted by molar-refractivity contribution is 6.00. The molecule has 2 aromatic carbocycles. The maximum atomic E-state index is 11.9. The van der Waals surface area contributed by atoms with Gasteiger partial charge in [0.2, 0.25) is 0 Å². The lowest BCUT2D eigenvalue weighted by molar-refractivity contribution is -0.000255. The monoisotopic (exact) mass is 424 g/mol. The van der Waals surface area contributed by atoms with Crippen LogP contribution in [0.25, 0.3) is 10.9 Å². The Hall–Kier alpha value is -3.10. The molecule has 31 heavy (non-hydrogen) atoms. The molecule has 0 saturated carbocycles. The van der Waals surface area contributed by atoms with Crippen LogP contribution in [-0.4, -0.2) is 60.0 Å². The van der Waals surface area contributed by atoms with Crippen LogP contribution in [-0.2, 0) is 11.8 Å². The quantitative estimate of drug-likeness (QED) is 0.559. The number of benzene rings is 2. The molecule has 1 aliphatic rings. The van der Waals surface area contributed by atoms with Crippen molar-refractivity contribution in [1.29, 1.82) is 0 Å². The number of carbonyl (C=O) groups excluding carboxylic acids is 1. The number of hydrogen-bond acceptors (Lipinski definition) is 6. The third kappa shape index (κ3) is 5.15. The Bertz CT molecular complexity index is 1040. The summed E-state index contributed by atoms with van der Waals surface area (Å²) < 4.78 is 19.3. The fraction of sp³-hybridized carbons (Fsp3) is 0.391. The molecule has 0 atom stereocenters. The number of fused-ring (bicyclic) bond motifs is 1. The summed E-state index contributed by atoms with van der Waals surface area (Å²) >= 11 is 0. The number of carbonyl (C=O) groups is 1. The molecule has 8 heteroatoms. The third-order valence-electron chi connectivity index (χ3n) is 5.54. The molecule has 164 valence electrons. The number of amides is 1. The lowest BCUT2D eigenvalue weighted by Crippen LogP contribution is -2.34. The van der Waals surface area contributed by atoms with Gasteiger partial charge in [-0.25, -0.2) is 0 Å². The summed E-state index contributed by atoms with van der Waals surface area (Å²) in [5.74, 6) is 1.16. The van der Waals surface area contributed by atoms with E-state index >= 15 is 0 Å². The van der Waals surface area contributed by atoms with E-state index in [1.54, 1.807) is 35.1 Å². The number of nitrogens with two attached hydrogens (primary N) is 1. The minimum atomic E-state index is -0.551. The van der Waals surface area contributed by atoms with Crippen LogP contribution in [0.2, 0.25) is 0 Å². The molecule has 8 nitrogen and oxygen atoms in total. The molecule has 0 unspecified atom stereocenters. The number of rotatable bonds is 8. The molecule has 4 rings (SSSR count). The second-order valence-corrected chi connectivity index (χ2v) is 7.83. The average Bonchev–Trinajstić information content (AvgIpc) is 3.13. The Morgan fingerprint density at radius 1 is 1.10 bits per heavy atom. The van der Waals surface area contributed by atoms with Crippen molar-refractivity contribution in [2.45, 2.75) is 18.9 Å². The SMILES string of the molecule is CN1CCC(OCCOc2ccc(Oc3cc4c(cnn4C)cc3C(N)=O)cc2)CC1. The van der Waals surface area contributed by atoms with Gasteiger partial charge >= 0.3 is 0 Å². The van der Waals surface area contributed by atoms with Crippen molar-refractivity contribution in [3.05, 3.63) is 48.2 Å². The lowest BCUT2D eigenvalue weighted by Gasteiger charge is -2.28. The molecule has 2 heterocycles. The van der Waals surface area contributed by atoms with Gasteiger partial charge in [-0.1, -0.05) is 0 Å². The number of aromatic nitrogens is 2. The molecular weight excluding hydrogens is 396 g/mol. The van der Waals surface area contributed by atoms with E-state index in [1.165, 1.54) is 0 Å². The first-order valence-electron chi connectivity index (χ1n) is 10.5. The second kappa shape index (κ2) is 9.36. The molecular formula is C23H28N4O4. The Balaban J connectivity index is 1.34. The molecule has 1 saturated heterocycles. The Kier molecular flexibility index (Phi) is 6.39. The van der Waals surface area contributed by atoms with Crippen molar-refractivity contribution in [2.75, 3.05) is 33.4 Å². The van der Waals surface area contributed by atoms with E-state index in [4.69, 9.17) is 19.9 Å². The number of nitrogens with zero attached hydrogens (tertiary/aromatic N) is 3. The van der Waals surface area contributed by atoms with Crippen molar-refractivity contribution in [3.63, 3.8) is 0 Å². The zero-order valence-electron chi connectivity index (χ0n) is 17.9. The fourth-order valence-corrected chi connectivity index (χ4v) is 3.71. The first kappa shape index (κ1) is 21.1. The highest BCUT2D eigenvalue weighted by Crippen LogP contribution is 2.30. The summed E-state index contributed by atoms with van der Waals surface area (Å²) in [6.45, 7) is 3.23. The standard InChI is InChI=1S/C23H28N4O4/c1-26-9-7-18(8-10-26)30-12-11-29-17-3-5-19(6-4-17)31-22-14-21-16(15-25-27(21)2)13-20(22)23(24)28/h3-6,13-15,18H,7-12H2,1-2H3,(H2,24,28). The molecule has 0 bridgehead atoms. The van der Waals surface area contributed by atoms with Gasteiger partial charge in [0, 0.05) is 31.6 Å². The first-order chi connectivity index (χ1) is 15.0. The van der Waals surface area contributed by atoms with E-state index in [9.17, 15) is 4.79 Å². The van der Waals surface area contributed by atoms with E-state index < -0.39 is 5.91 Å². The Labute approximate surface area is 181 Å². The van der Waals surface area contributed by atoms with Gasteiger partial charge in [-0.2, -0.15) is 5.10 Å². The van der Waals surface area contributed by atoms with Crippen LogP contribution >= 0.6 is 0 Å². The van der Waals surface area contributed by atoms with E-state index in [0.29, 0.717) is 36.4 Å². The fourth-order valence-electron chi connectivity index (χ4n) is 3.71. The number of ether oxygens (including phenoxy) is 3. The second-order valence-electron chi connectivity index (χ2n) is 7.83. The summed E-state index contributed by atoms with van der Waals surface area (Å²) in [4.78, 5) is 14.2. The zero-order chi connectivity index (χ0) is 21.8. The number of primary amides is 1. The summed E-state index contributed by atoms with van der Waals surface area (Å²) in [6, 6.07) is 10.7. The van der Waals surface area contributed by atoms with Crippen molar-refractivity contribution in [3.8, 4) is 17.2 Å². The van der Waals surface area contributed by atoms with Crippen LogP contribution < -0.4 is 15.2 Å². The Morgan fingerprint density at radius 2 is 1.81 bits per heavy atom. The largest absolute Gasteiger partial charge is 0.491 e. The van der Waals surface area contributed by atoms with Gasteiger partial charge in [0.25, 0.3) is 5.91 Å². The molecule has 0 radical (unpaired) electrons. The van der Waals surface area contributed by atoms with E-state index in [1.807, 2.05) is 19.2 Å². The van der Waals surface area contributed by atoms with Crippen molar-refractivity contribution < 1.29 is 19.0 Å². The van der Waals surface area contributed by atoms with Gasteiger partial charge in [0.05, 0.1) is 30.0 Å². The molecule has 1 amide bonds. The average molecular weight is 425 g/mol. The van der Waals surface area contributed by atoms with Crippen LogP contribution in [0.1, 0.15) is 23.2 Å². The van der Waals surface area contributed by atoms with E-state index in [0.717, 1.165) is 42.6 Å². The minimum Gasteiger partial charge on any atom is -0.491 e. The molecule has 0 spiro atoms. The van der Waals surface area contributed by atoms with Crippen LogP contribution in [0, 0.1) is 0 Å². The van der Waals surface area contributed by atoms with E-state index in [-0.39, 0.29) is 0 Å². The van der Waals surface area contributed by atoms with Gasteiger partial charge in [-0.3, -0.25) is 9.48 Å². The molecule has 0 aliphatic carbocycles. The molecule has 1 aromatic heterocycles. The van der Waals surface area contributed by atoms with Gasteiger partial charge in [0.15, 0.2) is 0 Å². The normalized spacial score (nSPS) is 15.3. The lowest BCUT2D eigenvalue weighted by atomic mass is 10.1. The minimum absolute atomic E-state index is 0.312. The molecule has 2 N–H and O–H groups in total. The number of aryl methyl sites for hydroxylation is 1. The highest BCUT2D eigenvalue weighted by Gasteiger charge is 2.17. The predicted molar refractivity (Wildman–Crippen MR) is 118 cm³/mol. The summed E-state index contributed by atoms with van der Waals surface area (Å²) in [5.41, 5.74) is 6.70. The molecule has 3 aromatic rings. The maximum Gasteiger partial charge on any atom is 0.252 e. The van der Waals surface area contributed by atoms with Gasteiger partial charge in [0.1, 0.15) is 23.9 Å². The van der Waals surface area contributed by atoms with Crippen LogP contribution in [0.3, 0.4) is 0 Å². The first-order valence-corrected chi connectivity index (χ1v) is 10.5. The number of hydrogen-bond donors (Lipinski definition) is 1. The number of likely N-dealkylation sites (tertiary alicyclic amines) is 1.